The van der Waals surface area contributed by atoms with Gasteiger partial charge in [0.1, 0.15) is 0 Å². The summed E-state index contributed by atoms with van der Waals surface area (Å²) in [4.78, 5) is 37.2. The summed E-state index contributed by atoms with van der Waals surface area (Å²) in [5.41, 5.74) is 3.73. The molecule has 2 aromatic rings. The van der Waals surface area contributed by atoms with E-state index in [0.717, 1.165) is 16.8 Å². The van der Waals surface area contributed by atoms with Crippen molar-refractivity contribution in [2.24, 2.45) is 5.92 Å². The molecule has 140 valence electrons. The lowest BCUT2D eigenvalue weighted by Gasteiger charge is -2.17. The number of amides is 2. The standard InChI is InChI=1S/C20H21N3O4/c1-12-5-4-6-17(14(12)3)21-20(25)15-9-19(24)22(11-15)16-8-7-13(2)18(10-16)23(26)27/h4-8,10,15H,9,11H2,1-3H3,(H,21,25)/t15-/m1/s1. The van der Waals surface area contributed by atoms with E-state index in [4.69, 9.17) is 0 Å². The van der Waals surface area contributed by atoms with Gasteiger partial charge in [-0.15, -0.1) is 0 Å². The number of nitro benzene ring substituents is 1. The fraction of sp³-hybridized carbons (Fsp3) is 0.300. The molecule has 0 saturated carbocycles. The zero-order valence-electron chi connectivity index (χ0n) is 15.5. The predicted molar refractivity (Wildman–Crippen MR) is 103 cm³/mol. The van der Waals surface area contributed by atoms with Gasteiger partial charge in [-0.3, -0.25) is 19.7 Å². The monoisotopic (exact) mass is 367 g/mol. The number of nitrogens with zero attached hydrogens (tertiary/aromatic N) is 2. The van der Waals surface area contributed by atoms with E-state index in [2.05, 4.69) is 5.32 Å². The summed E-state index contributed by atoms with van der Waals surface area (Å²) in [6, 6.07) is 10.3. The van der Waals surface area contributed by atoms with Gasteiger partial charge in [0.25, 0.3) is 5.69 Å². The zero-order chi connectivity index (χ0) is 19.7. The summed E-state index contributed by atoms with van der Waals surface area (Å²) < 4.78 is 0. The topological polar surface area (TPSA) is 92.6 Å². The number of carbonyl (C=O) groups is 2. The normalized spacial score (nSPS) is 16.5. The van der Waals surface area contributed by atoms with Gasteiger partial charge >= 0.3 is 0 Å². The van der Waals surface area contributed by atoms with Crippen molar-refractivity contribution in [3.8, 4) is 0 Å². The van der Waals surface area contributed by atoms with Crippen molar-refractivity contribution in [2.75, 3.05) is 16.8 Å². The van der Waals surface area contributed by atoms with Crippen LogP contribution in [0, 0.1) is 36.8 Å². The first-order chi connectivity index (χ1) is 12.8. The number of aryl methyl sites for hydroxylation is 2. The van der Waals surface area contributed by atoms with Crippen LogP contribution >= 0.6 is 0 Å². The average molecular weight is 367 g/mol. The molecule has 0 aliphatic carbocycles. The minimum atomic E-state index is -0.502. The number of benzene rings is 2. The fourth-order valence-corrected chi connectivity index (χ4v) is 3.22. The van der Waals surface area contributed by atoms with Crippen molar-refractivity contribution in [3.63, 3.8) is 0 Å². The van der Waals surface area contributed by atoms with Crippen molar-refractivity contribution >= 4 is 28.9 Å². The second-order valence-electron chi connectivity index (χ2n) is 6.87. The summed E-state index contributed by atoms with van der Waals surface area (Å²) in [5.74, 6) is -0.937. The van der Waals surface area contributed by atoms with Gasteiger partial charge in [0.2, 0.25) is 11.8 Å². The van der Waals surface area contributed by atoms with Gasteiger partial charge in [0.15, 0.2) is 0 Å². The molecule has 1 N–H and O–H groups in total. The molecule has 1 aliphatic heterocycles. The Morgan fingerprint density at radius 3 is 2.63 bits per heavy atom. The number of carbonyl (C=O) groups excluding carboxylic acids is 2. The lowest BCUT2D eigenvalue weighted by Crippen LogP contribution is -2.28. The molecule has 1 saturated heterocycles. The van der Waals surface area contributed by atoms with Crippen molar-refractivity contribution in [1.29, 1.82) is 0 Å². The first-order valence-electron chi connectivity index (χ1n) is 8.70. The van der Waals surface area contributed by atoms with Gasteiger partial charge in [-0.25, -0.2) is 0 Å². The smallest absolute Gasteiger partial charge is 0.274 e. The van der Waals surface area contributed by atoms with E-state index < -0.39 is 10.8 Å². The lowest BCUT2D eigenvalue weighted by atomic mass is 10.1. The highest BCUT2D eigenvalue weighted by atomic mass is 16.6. The van der Waals surface area contributed by atoms with Gasteiger partial charge < -0.3 is 10.2 Å². The van der Waals surface area contributed by atoms with E-state index in [1.807, 2.05) is 32.0 Å². The molecule has 3 rings (SSSR count). The summed E-state index contributed by atoms with van der Waals surface area (Å²) in [5, 5.41) is 14.0. The molecule has 0 unspecified atom stereocenters. The molecule has 2 aromatic carbocycles. The second-order valence-corrected chi connectivity index (χ2v) is 6.87. The molecular weight excluding hydrogens is 346 g/mol. The Kier molecular flexibility index (Phi) is 4.94. The quantitative estimate of drug-likeness (QED) is 0.661. The number of nitro groups is 1. The highest BCUT2D eigenvalue weighted by Crippen LogP contribution is 2.30. The molecule has 1 aliphatic rings. The van der Waals surface area contributed by atoms with Crippen LogP contribution in [0.4, 0.5) is 17.1 Å². The molecule has 0 spiro atoms. The minimum Gasteiger partial charge on any atom is -0.326 e. The molecule has 1 heterocycles. The summed E-state index contributed by atoms with van der Waals surface area (Å²) in [6.45, 7) is 5.75. The number of hydrogen-bond donors (Lipinski definition) is 1. The van der Waals surface area contributed by atoms with Gasteiger partial charge in [-0.05, 0) is 44.0 Å². The van der Waals surface area contributed by atoms with Gasteiger partial charge in [-0.1, -0.05) is 18.2 Å². The Bertz CT molecular complexity index is 939. The van der Waals surface area contributed by atoms with E-state index in [1.54, 1.807) is 19.1 Å². The molecule has 1 atom stereocenters. The summed E-state index contributed by atoms with van der Waals surface area (Å²) >= 11 is 0. The molecule has 0 radical (unpaired) electrons. The first-order valence-corrected chi connectivity index (χ1v) is 8.70. The Labute approximate surface area is 157 Å². The van der Waals surface area contributed by atoms with Crippen LogP contribution in [0.15, 0.2) is 36.4 Å². The van der Waals surface area contributed by atoms with E-state index in [9.17, 15) is 19.7 Å². The molecule has 2 amide bonds. The Morgan fingerprint density at radius 2 is 1.93 bits per heavy atom. The lowest BCUT2D eigenvalue weighted by molar-refractivity contribution is -0.385. The van der Waals surface area contributed by atoms with E-state index in [0.29, 0.717) is 11.3 Å². The van der Waals surface area contributed by atoms with Crippen molar-refractivity contribution in [2.45, 2.75) is 27.2 Å². The van der Waals surface area contributed by atoms with Crippen LogP contribution in [0.5, 0.6) is 0 Å². The molecule has 0 aromatic heterocycles. The van der Waals surface area contributed by atoms with Crippen molar-refractivity contribution < 1.29 is 14.5 Å². The molecule has 7 heteroatoms. The van der Waals surface area contributed by atoms with Crippen LogP contribution in [0.2, 0.25) is 0 Å². The largest absolute Gasteiger partial charge is 0.326 e. The fourth-order valence-electron chi connectivity index (χ4n) is 3.22. The Hall–Kier alpha value is -3.22. The van der Waals surface area contributed by atoms with Crippen molar-refractivity contribution in [3.05, 3.63) is 63.2 Å². The SMILES string of the molecule is Cc1ccc(N2C[C@H](C(=O)Nc3cccc(C)c3C)CC2=O)cc1[N+](=O)[O-]. The third-order valence-electron chi connectivity index (χ3n) is 5.06. The maximum absolute atomic E-state index is 12.6. The summed E-state index contributed by atoms with van der Waals surface area (Å²) in [6.07, 6.45) is 0.0817. The number of hydrogen-bond acceptors (Lipinski definition) is 4. The maximum atomic E-state index is 12.6. The van der Waals surface area contributed by atoms with Crippen LogP contribution in [0.25, 0.3) is 0 Å². The minimum absolute atomic E-state index is 0.0383. The third kappa shape index (κ3) is 3.67. The highest BCUT2D eigenvalue weighted by Gasteiger charge is 2.36. The van der Waals surface area contributed by atoms with Crippen LogP contribution in [-0.4, -0.2) is 23.3 Å². The predicted octanol–water partition coefficient (Wildman–Crippen LogP) is 3.51. The first kappa shape index (κ1) is 18.6. The Balaban J connectivity index is 1.77. The van der Waals surface area contributed by atoms with Crippen LogP contribution in [0.1, 0.15) is 23.1 Å². The van der Waals surface area contributed by atoms with Gasteiger partial charge in [0, 0.05) is 30.3 Å². The maximum Gasteiger partial charge on any atom is 0.274 e. The second kappa shape index (κ2) is 7.19. The van der Waals surface area contributed by atoms with E-state index >= 15 is 0 Å². The van der Waals surface area contributed by atoms with Gasteiger partial charge in [0.05, 0.1) is 16.5 Å². The molecule has 27 heavy (non-hydrogen) atoms. The van der Waals surface area contributed by atoms with Gasteiger partial charge in [-0.2, -0.15) is 0 Å². The van der Waals surface area contributed by atoms with E-state index in [1.165, 1.54) is 11.0 Å². The van der Waals surface area contributed by atoms with Crippen molar-refractivity contribution in [1.82, 2.24) is 0 Å². The van der Waals surface area contributed by atoms with Crippen LogP contribution in [0.3, 0.4) is 0 Å². The highest BCUT2D eigenvalue weighted by molar-refractivity contribution is 6.03. The number of rotatable bonds is 4. The average Bonchev–Trinajstić information content (AvgIpc) is 3.01. The Morgan fingerprint density at radius 1 is 1.19 bits per heavy atom. The number of nitrogens with one attached hydrogen (secondary N) is 1. The van der Waals surface area contributed by atoms with Crippen LogP contribution < -0.4 is 10.2 Å². The molecule has 7 nitrogen and oxygen atoms in total. The zero-order valence-corrected chi connectivity index (χ0v) is 15.5. The molecular formula is C20H21N3O4. The number of anilines is 2. The van der Waals surface area contributed by atoms with Crippen LogP contribution in [-0.2, 0) is 9.59 Å². The third-order valence-corrected chi connectivity index (χ3v) is 5.06. The molecule has 1 fully saturated rings. The summed E-state index contributed by atoms with van der Waals surface area (Å²) in [7, 11) is 0. The molecule has 0 bridgehead atoms. The van der Waals surface area contributed by atoms with E-state index in [-0.39, 0.29) is 30.5 Å².